The first-order valence-corrected chi connectivity index (χ1v) is 10.1. The van der Waals surface area contributed by atoms with Crippen LogP contribution in [0.5, 0.6) is 0 Å². The number of ether oxygens (including phenoxy) is 3. The molecule has 164 valence electrons. The van der Waals surface area contributed by atoms with Crippen LogP contribution in [0.25, 0.3) is 0 Å². The van der Waals surface area contributed by atoms with Crippen molar-refractivity contribution in [3.05, 3.63) is 0 Å². The van der Waals surface area contributed by atoms with Crippen molar-refractivity contribution in [1.82, 2.24) is 10.6 Å². The molecule has 0 aromatic heterocycles. The lowest BCUT2D eigenvalue weighted by molar-refractivity contribution is -0.123. The van der Waals surface area contributed by atoms with Gasteiger partial charge in [-0.1, -0.05) is 0 Å². The van der Waals surface area contributed by atoms with Gasteiger partial charge in [0, 0.05) is 65.7 Å². The Kier molecular flexibility index (Phi) is 17.8. The van der Waals surface area contributed by atoms with Crippen LogP contribution in [-0.2, 0) is 28.6 Å². The number of methoxy groups -OCH3 is 2. The van der Waals surface area contributed by atoms with Crippen LogP contribution in [0.3, 0.4) is 0 Å². The monoisotopic (exact) mass is 402 g/mol. The van der Waals surface area contributed by atoms with E-state index in [1.807, 2.05) is 0 Å². The molecule has 8 heteroatoms. The van der Waals surface area contributed by atoms with Crippen LogP contribution in [0.15, 0.2) is 0 Å². The molecular formula is C20H38N2O6. The Morgan fingerprint density at radius 3 is 2.00 bits per heavy atom. The lowest BCUT2D eigenvalue weighted by Crippen LogP contribution is -2.27. The quantitative estimate of drug-likeness (QED) is 0.317. The minimum Gasteiger partial charge on any atom is -0.385 e. The van der Waals surface area contributed by atoms with E-state index < -0.39 is 0 Å². The fraction of sp³-hybridized carbons (Fsp3) is 0.850. The topological polar surface area (TPSA) is 103 Å². The van der Waals surface area contributed by atoms with E-state index in [1.54, 1.807) is 14.2 Å². The number of amides is 2. The molecule has 0 heterocycles. The average Bonchev–Trinajstić information content (AvgIpc) is 2.65. The van der Waals surface area contributed by atoms with Crippen LogP contribution in [0, 0.1) is 5.92 Å². The molecule has 0 spiro atoms. The van der Waals surface area contributed by atoms with Gasteiger partial charge in [0.15, 0.2) is 0 Å². The zero-order valence-electron chi connectivity index (χ0n) is 17.7. The summed E-state index contributed by atoms with van der Waals surface area (Å²) < 4.78 is 15.9. The maximum absolute atomic E-state index is 11.8. The van der Waals surface area contributed by atoms with Gasteiger partial charge in [0.2, 0.25) is 11.8 Å². The summed E-state index contributed by atoms with van der Waals surface area (Å²) >= 11 is 0. The van der Waals surface area contributed by atoms with Gasteiger partial charge in [-0.2, -0.15) is 0 Å². The average molecular weight is 403 g/mol. The van der Waals surface area contributed by atoms with Crippen molar-refractivity contribution < 1.29 is 28.6 Å². The van der Waals surface area contributed by atoms with Crippen LogP contribution in [0.4, 0.5) is 0 Å². The van der Waals surface area contributed by atoms with Crippen LogP contribution < -0.4 is 10.6 Å². The Bertz CT molecular complexity index is 431. The number of rotatable bonds is 19. The highest BCUT2D eigenvalue weighted by Gasteiger charge is 2.09. The van der Waals surface area contributed by atoms with E-state index in [-0.39, 0.29) is 17.6 Å². The molecule has 0 bridgehead atoms. The van der Waals surface area contributed by atoms with E-state index in [9.17, 15) is 14.4 Å². The fourth-order valence-corrected chi connectivity index (χ4v) is 2.54. The molecule has 1 unspecified atom stereocenters. The first-order valence-electron chi connectivity index (χ1n) is 10.1. The molecule has 0 aliphatic carbocycles. The minimum atomic E-state index is -0.0798. The largest absolute Gasteiger partial charge is 0.385 e. The molecule has 0 aromatic carbocycles. The molecular weight excluding hydrogens is 364 g/mol. The number of hydrogen-bond donors (Lipinski definition) is 2. The SMILES string of the molecule is COCCC(COC)COCCCNC(=O)CCCC(=O)NCCCC(C)=O. The van der Waals surface area contributed by atoms with E-state index in [4.69, 9.17) is 14.2 Å². The van der Waals surface area contributed by atoms with Crippen LogP contribution >= 0.6 is 0 Å². The van der Waals surface area contributed by atoms with Crippen LogP contribution in [0.2, 0.25) is 0 Å². The Hall–Kier alpha value is -1.51. The second-order valence-corrected chi connectivity index (χ2v) is 6.89. The number of Topliss-reactive ketones (excluding diaryl/α,β-unsaturated/α-hetero) is 1. The number of carbonyl (C=O) groups is 3. The molecule has 0 saturated heterocycles. The van der Waals surface area contributed by atoms with Gasteiger partial charge in [-0.3, -0.25) is 9.59 Å². The molecule has 28 heavy (non-hydrogen) atoms. The van der Waals surface area contributed by atoms with E-state index in [0.717, 1.165) is 12.8 Å². The molecule has 0 radical (unpaired) electrons. The van der Waals surface area contributed by atoms with Gasteiger partial charge in [-0.05, 0) is 32.6 Å². The predicted octanol–water partition coefficient (Wildman–Crippen LogP) is 1.46. The molecule has 0 aliphatic rings. The molecule has 0 aromatic rings. The van der Waals surface area contributed by atoms with Crippen molar-refractivity contribution in [2.24, 2.45) is 5.92 Å². The highest BCUT2D eigenvalue weighted by atomic mass is 16.5. The number of carbonyl (C=O) groups excluding carboxylic acids is 3. The molecule has 0 fully saturated rings. The molecule has 8 nitrogen and oxygen atoms in total. The van der Waals surface area contributed by atoms with Crippen LogP contribution in [0.1, 0.15) is 51.9 Å². The van der Waals surface area contributed by atoms with Crippen molar-refractivity contribution in [2.75, 3.05) is 53.7 Å². The maximum atomic E-state index is 11.8. The smallest absolute Gasteiger partial charge is 0.220 e. The van der Waals surface area contributed by atoms with Gasteiger partial charge in [0.1, 0.15) is 5.78 Å². The highest BCUT2D eigenvalue weighted by molar-refractivity contribution is 5.79. The molecule has 2 N–H and O–H groups in total. The van der Waals surface area contributed by atoms with Crippen molar-refractivity contribution in [2.45, 2.75) is 51.9 Å². The number of hydrogen-bond acceptors (Lipinski definition) is 6. The third kappa shape index (κ3) is 17.9. The van der Waals surface area contributed by atoms with E-state index in [1.165, 1.54) is 6.92 Å². The van der Waals surface area contributed by atoms with Crippen molar-refractivity contribution in [3.8, 4) is 0 Å². The molecule has 0 saturated carbocycles. The lowest BCUT2D eigenvalue weighted by Gasteiger charge is -2.15. The van der Waals surface area contributed by atoms with Crippen LogP contribution in [-0.4, -0.2) is 71.3 Å². The minimum absolute atomic E-state index is 0.0540. The van der Waals surface area contributed by atoms with Crippen molar-refractivity contribution in [3.63, 3.8) is 0 Å². The van der Waals surface area contributed by atoms with Gasteiger partial charge in [0.25, 0.3) is 0 Å². The first kappa shape index (κ1) is 26.5. The zero-order valence-corrected chi connectivity index (χ0v) is 17.7. The summed E-state index contributed by atoms with van der Waals surface area (Å²) in [6, 6.07) is 0. The summed E-state index contributed by atoms with van der Waals surface area (Å²) in [5, 5.41) is 5.59. The summed E-state index contributed by atoms with van der Waals surface area (Å²) in [6.45, 7) is 5.12. The summed E-state index contributed by atoms with van der Waals surface area (Å²) in [5.74, 6) is 0.302. The summed E-state index contributed by atoms with van der Waals surface area (Å²) in [5.41, 5.74) is 0. The van der Waals surface area contributed by atoms with E-state index in [0.29, 0.717) is 77.5 Å². The normalized spacial score (nSPS) is 11.8. The summed E-state index contributed by atoms with van der Waals surface area (Å²) in [6.07, 6.45) is 3.93. The van der Waals surface area contributed by atoms with Gasteiger partial charge < -0.3 is 29.6 Å². The second-order valence-electron chi connectivity index (χ2n) is 6.89. The first-order chi connectivity index (χ1) is 13.5. The summed E-state index contributed by atoms with van der Waals surface area (Å²) in [4.78, 5) is 34.2. The Balaban J connectivity index is 3.56. The Morgan fingerprint density at radius 1 is 0.786 bits per heavy atom. The fourth-order valence-electron chi connectivity index (χ4n) is 2.54. The third-order valence-corrected chi connectivity index (χ3v) is 4.11. The molecule has 0 rings (SSSR count). The molecule has 0 aliphatic heterocycles. The molecule has 1 atom stereocenters. The lowest BCUT2D eigenvalue weighted by atomic mass is 10.1. The highest BCUT2D eigenvalue weighted by Crippen LogP contribution is 2.05. The van der Waals surface area contributed by atoms with Gasteiger partial charge >= 0.3 is 0 Å². The van der Waals surface area contributed by atoms with Gasteiger partial charge in [0.05, 0.1) is 13.2 Å². The number of nitrogens with one attached hydrogen (secondary N) is 2. The van der Waals surface area contributed by atoms with E-state index >= 15 is 0 Å². The third-order valence-electron chi connectivity index (χ3n) is 4.11. The Labute approximate surface area is 169 Å². The maximum Gasteiger partial charge on any atom is 0.220 e. The van der Waals surface area contributed by atoms with Crippen molar-refractivity contribution >= 4 is 17.6 Å². The predicted molar refractivity (Wildman–Crippen MR) is 107 cm³/mol. The zero-order chi connectivity index (χ0) is 21.0. The Morgan fingerprint density at radius 2 is 1.43 bits per heavy atom. The second kappa shape index (κ2) is 18.8. The van der Waals surface area contributed by atoms with Gasteiger partial charge in [-0.25, -0.2) is 0 Å². The number of ketones is 1. The van der Waals surface area contributed by atoms with Gasteiger partial charge in [-0.15, -0.1) is 0 Å². The van der Waals surface area contributed by atoms with Crippen molar-refractivity contribution in [1.29, 1.82) is 0 Å². The standard InChI is InChI=1S/C20H38N2O6/c1-17(23)7-5-11-21-19(24)8-4-9-20(25)22-12-6-13-28-16-18(15-27-3)10-14-26-2/h18H,4-16H2,1-3H3,(H,21,24)(H,22,25). The van der Waals surface area contributed by atoms with E-state index in [2.05, 4.69) is 10.6 Å². The molecule has 2 amide bonds. The summed E-state index contributed by atoms with van der Waals surface area (Å²) in [7, 11) is 3.35.